The Kier molecular flexibility index (Phi) is 13.4. The lowest BCUT2D eigenvalue weighted by molar-refractivity contribution is -0.121. The lowest BCUT2D eigenvalue weighted by Crippen LogP contribution is -2.53. The fourth-order valence-corrected chi connectivity index (χ4v) is 4.65. The minimum Gasteiger partial charge on any atom is -0.497 e. The van der Waals surface area contributed by atoms with Gasteiger partial charge < -0.3 is 34.9 Å². The summed E-state index contributed by atoms with van der Waals surface area (Å²) < 4.78 is 21.5. The zero-order valence-corrected chi connectivity index (χ0v) is 21.5. The Labute approximate surface area is 212 Å². The Bertz CT molecular complexity index is 816. The number of hydrogen-bond donors (Lipinski definition) is 3. The third-order valence-electron chi connectivity index (χ3n) is 5.41. The minimum atomic E-state index is -0.389. The average molecular weight is 508 g/mol. The number of urea groups is 1. The second-order valence-electron chi connectivity index (χ2n) is 8.15. The van der Waals surface area contributed by atoms with Crippen LogP contribution in [-0.4, -0.2) is 75.9 Å². The molecule has 0 aromatic heterocycles. The number of hydrogen-bond acceptors (Lipinski definition) is 7. The van der Waals surface area contributed by atoms with Crippen LogP contribution in [0.15, 0.2) is 24.3 Å². The third kappa shape index (κ3) is 10.8. The Morgan fingerprint density at radius 3 is 2.49 bits per heavy atom. The Balaban J connectivity index is 1.86. The molecule has 194 valence electrons. The molecule has 1 aliphatic rings. The minimum absolute atomic E-state index is 0.0937. The van der Waals surface area contributed by atoms with Crippen molar-refractivity contribution in [3.8, 4) is 18.1 Å². The highest BCUT2D eigenvalue weighted by atomic mass is 32.2. The van der Waals surface area contributed by atoms with E-state index in [0.717, 1.165) is 11.3 Å². The summed E-state index contributed by atoms with van der Waals surface area (Å²) in [5.41, 5.74) is 0.978. The molecule has 1 aromatic carbocycles. The van der Waals surface area contributed by atoms with Gasteiger partial charge in [0.2, 0.25) is 5.91 Å². The number of methoxy groups -OCH3 is 1. The molecule has 4 atom stereocenters. The van der Waals surface area contributed by atoms with Crippen LogP contribution in [0, 0.1) is 18.3 Å². The van der Waals surface area contributed by atoms with Crippen molar-refractivity contribution < 1.29 is 28.5 Å². The molecule has 0 aliphatic carbocycles. The van der Waals surface area contributed by atoms with Crippen molar-refractivity contribution >= 4 is 23.7 Å². The maximum Gasteiger partial charge on any atom is 0.315 e. The van der Waals surface area contributed by atoms with Crippen molar-refractivity contribution in [1.82, 2.24) is 16.0 Å². The number of terminal acetylenes is 1. The molecule has 0 radical (unpaired) electrons. The monoisotopic (exact) mass is 507 g/mol. The summed E-state index contributed by atoms with van der Waals surface area (Å²) >= 11 is 1.46. The van der Waals surface area contributed by atoms with Crippen molar-refractivity contribution in [2.45, 2.75) is 36.9 Å². The maximum absolute atomic E-state index is 13.2. The Morgan fingerprint density at radius 1 is 1.17 bits per heavy atom. The van der Waals surface area contributed by atoms with Crippen LogP contribution in [0.4, 0.5) is 4.79 Å². The summed E-state index contributed by atoms with van der Waals surface area (Å²) in [5, 5.41) is 8.25. The van der Waals surface area contributed by atoms with Gasteiger partial charge in [-0.3, -0.25) is 4.79 Å². The standard InChI is InChI=1S/C25H37N3O6S/c1-5-11-32-13-15-34-16-14-33-12-10-22(35-24-18(2)17-26-25(30)28-24)23(29)27-19(3)20-6-8-21(31-4)9-7-20/h1,6-9,18-19,22,24H,10-17H2,2-4H3,(H,27,29)(H2,26,28,30)/t18?,19-,22-,24?/m1/s1. The van der Waals surface area contributed by atoms with Gasteiger partial charge in [-0.05, 0) is 31.0 Å². The molecule has 3 amide bonds. The fraction of sp³-hybridized carbons (Fsp3) is 0.600. The van der Waals surface area contributed by atoms with Gasteiger partial charge in [-0.25, -0.2) is 4.79 Å². The SMILES string of the molecule is C#CCOCCOCCOCC[C@@H](SC1NC(=O)NCC1C)C(=O)N[C@H](C)c1ccc(OC)cc1. The summed E-state index contributed by atoms with van der Waals surface area (Å²) in [6, 6.07) is 7.21. The largest absolute Gasteiger partial charge is 0.497 e. The highest BCUT2D eigenvalue weighted by Crippen LogP contribution is 2.27. The van der Waals surface area contributed by atoms with Crippen LogP contribution >= 0.6 is 11.8 Å². The van der Waals surface area contributed by atoms with E-state index in [-0.39, 0.29) is 41.1 Å². The number of nitrogens with one attached hydrogen (secondary N) is 3. The Morgan fingerprint density at radius 2 is 1.83 bits per heavy atom. The normalized spacial score (nSPS) is 19.1. The van der Waals surface area contributed by atoms with Crippen molar-refractivity contribution in [1.29, 1.82) is 0 Å². The van der Waals surface area contributed by atoms with E-state index in [0.29, 0.717) is 46.0 Å². The quantitative estimate of drug-likeness (QED) is 0.233. The molecule has 1 saturated heterocycles. The predicted octanol–water partition coefficient (Wildman–Crippen LogP) is 2.32. The van der Waals surface area contributed by atoms with Crippen LogP contribution in [0.3, 0.4) is 0 Å². The molecule has 1 aromatic rings. The number of benzene rings is 1. The average Bonchev–Trinajstić information content (AvgIpc) is 2.86. The van der Waals surface area contributed by atoms with E-state index in [1.807, 2.05) is 38.1 Å². The summed E-state index contributed by atoms with van der Waals surface area (Å²) in [5.74, 6) is 3.24. The van der Waals surface area contributed by atoms with Crippen molar-refractivity contribution in [3.05, 3.63) is 29.8 Å². The molecule has 2 rings (SSSR count). The van der Waals surface area contributed by atoms with E-state index in [2.05, 4.69) is 21.9 Å². The summed E-state index contributed by atoms with van der Waals surface area (Å²) in [6.45, 7) is 6.95. The summed E-state index contributed by atoms with van der Waals surface area (Å²) in [4.78, 5) is 25.0. The molecule has 35 heavy (non-hydrogen) atoms. The molecule has 1 aliphatic heterocycles. The number of rotatable bonds is 16. The maximum atomic E-state index is 13.2. The van der Waals surface area contributed by atoms with Crippen LogP contribution in [0.5, 0.6) is 5.75 Å². The van der Waals surface area contributed by atoms with E-state index >= 15 is 0 Å². The molecule has 0 saturated carbocycles. The molecule has 0 bridgehead atoms. The molecule has 1 heterocycles. The summed E-state index contributed by atoms with van der Waals surface area (Å²) in [7, 11) is 1.62. The lowest BCUT2D eigenvalue weighted by atomic mass is 10.1. The van der Waals surface area contributed by atoms with Gasteiger partial charge in [-0.2, -0.15) is 0 Å². The van der Waals surface area contributed by atoms with Gasteiger partial charge in [0.05, 0.1) is 50.2 Å². The van der Waals surface area contributed by atoms with Crippen LogP contribution in [0.1, 0.15) is 31.9 Å². The fourth-order valence-electron chi connectivity index (χ4n) is 3.33. The van der Waals surface area contributed by atoms with E-state index in [1.54, 1.807) is 7.11 Å². The van der Waals surface area contributed by atoms with E-state index in [1.165, 1.54) is 11.8 Å². The molecule has 2 unspecified atom stereocenters. The van der Waals surface area contributed by atoms with Crippen LogP contribution in [0.2, 0.25) is 0 Å². The zero-order valence-electron chi connectivity index (χ0n) is 20.7. The first-order chi connectivity index (χ1) is 16.9. The first kappa shape index (κ1) is 28.8. The Hall–Kier alpha value is -2.45. The first-order valence-electron chi connectivity index (χ1n) is 11.8. The van der Waals surface area contributed by atoms with Gasteiger partial charge in [0.25, 0.3) is 0 Å². The van der Waals surface area contributed by atoms with Gasteiger partial charge in [0.1, 0.15) is 12.4 Å². The van der Waals surface area contributed by atoms with Crippen molar-refractivity contribution in [2.24, 2.45) is 5.92 Å². The molecule has 9 nitrogen and oxygen atoms in total. The van der Waals surface area contributed by atoms with Crippen LogP contribution in [-0.2, 0) is 19.0 Å². The molecular weight excluding hydrogens is 470 g/mol. The number of carbonyl (C=O) groups is 2. The van der Waals surface area contributed by atoms with Gasteiger partial charge in [-0.1, -0.05) is 25.0 Å². The zero-order chi connectivity index (χ0) is 25.5. The number of carbonyl (C=O) groups excluding carboxylic acids is 2. The number of thioether (sulfide) groups is 1. The van der Waals surface area contributed by atoms with Crippen molar-refractivity contribution in [3.63, 3.8) is 0 Å². The van der Waals surface area contributed by atoms with Crippen molar-refractivity contribution in [2.75, 3.05) is 53.3 Å². The van der Waals surface area contributed by atoms with Gasteiger partial charge in [-0.15, -0.1) is 18.2 Å². The molecular formula is C25H37N3O6S. The molecule has 10 heteroatoms. The van der Waals surface area contributed by atoms with E-state index in [4.69, 9.17) is 25.4 Å². The molecule has 3 N–H and O–H groups in total. The second-order valence-corrected chi connectivity index (χ2v) is 9.50. The summed E-state index contributed by atoms with van der Waals surface area (Å²) in [6.07, 6.45) is 5.62. The van der Waals surface area contributed by atoms with Gasteiger partial charge in [0, 0.05) is 19.1 Å². The second kappa shape index (κ2) is 16.3. The topological polar surface area (TPSA) is 107 Å². The van der Waals surface area contributed by atoms with E-state index in [9.17, 15) is 9.59 Å². The lowest BCUT2D eigenvalue weighted by Gasteiger charge is -2.32. The van der Waals surface area contributed by atoms with Gasteiger partial charge in [0.15, 0.2) is 0 Å². The number of ether oxygens (including phenoxy) is 4. The van der Waals surface area contributed by atoms with Crippen LogP contribution < -0.4 is 20.7 Å². The third-order valence-corrected chi connectivity index (χ3v) is 7.06. The molecule has 0 spiro atoms. The smallest absolute Gasteiger partial charge is 0.315 e. The first-order valence-corrected chi connectivity index (χ1v) is 12.7. The highest BCUT2D eigenvalue weighted by Gasteiger charge is 2.31. The molecule has 1 fully saturated rings. The van der Waals surface area contributed by atoms with Gasteiger partial charge >= 0.3 is 6.03 Å². The highest BCUT2D eigenvalue weighted by molar-refractivity contribution is 8.01. The predicted molar refractivity (Wildman–Crippen MR) is 136 cm³/mol. The number of amides is 3. The van der Waals surface area contributed by atoms with E-state index < -0.39 is 0 Å². The van der Waals surface area contributed by atoms with Crippen LogP contribution in [0.25, 0.3) is 0 Å².